The van der Waals surface area contributed by atoms with Gasteiger partial charge in [-0.05, 0) is 31.2 Å². The van der Waals surface area contributed by atoms with E-state index < -0.39 is 0 Å². The Morgan fingerprint density at radius 2 is 2.18 bits per heavy atom. The number of hydrogen-bond acceptors (Lipinski definition) is 4. The molecule has 0 fully saturated rings. The van der Waals surface area contributed by atoms with Gasteiger partial charge in [0.2, 0.25) is 0 Å². The Kier molecular flexibility index (Phi) is 2.93. The number of nitrogens with two attached hydrogens (primary N) is 1. The Balaban J connectivity index is 2.74. The van der Waals surface area contributed by atoms with Gasteiger partial charge in [-0.25, -0.2) is 5.84 Å². The zero-order chi connectivity index (χ0) is 12.4. The van der Waals surface area contributed by atoms with Crippen LogP contribution in [0.3, 0.4) is 0 Å². The molecule has 0 atom stereocenters. The number of fused-ring (bicyclic) bond motifs is 1. The van der Waals surface area contributed by atoms with Crippen molar-refractivity contribution in [1.29, 1.82) is 0 Å². The Labute approximate surface area is 98.6 Å². The number of amides is 1. The SMILES string of the molecule is COc1ccc2nc(C)cc(C(=O)NN)c2c1. The Morgan fingerprint density at radius 1 is 1.41 bits per heavy atom. The summed E-state index contributed by atoms with van der Waals surface area (Å²) in [7, 11) is 1.57. The highest BCUT2D eigenvalue weighted by atomic mass is 16.5. The van der Waals surface area contributed by atoms with Gasteiger partial charge in [-0.3, -0.25) is 15.2 Å². The van der Waals surface area contributed by atoms with Crippen molar-refractivity contribution >= 4 is 16.8 Å². The van der Waals surface area contributed by atoms with Crippen LogP contribution in [0, 0.1) is 6.92 Å². The molecule has 0 aliphatic carbocycles. The third kappa shape index (κ3) is 2.05. The Morgan fingerprint density at radius 3 is 2.82 bits per heavy atom. The van der Waals surface area contributed by atoms with Crippen molar-refractivity contribution in [3.05, 3.63) is 35.5 Å². The maximum atomic E-state index is 11.7. The van der Waals surface area contributed by atoms with Crippen LogP contribution < -0.4 is 16.0 Å². The van der Waals surface area contributed by atoms with Crippen molar-refractivity contribution in [2.75, 3.05) is 7.11 Å². The Hall–Kier alpha value is -2.14. The standard InChI is InChI=1S/C12H13N3O2/c1-7-5-10(12(16)15-13)9-6-8(17-2)3-4-11(9)14-7/h3-6H,13H2,1-2H3,(H,15,16). The summed E-state index contributed by atoms with van der Waals surface area (Å²) in [6.07, 6.45) is 0. The van der Waals surface area contributed by atoms with Gasteiger partial charge in [0.05, 0.1) is 18.2 Å². The molecule has 2 aromatic rings. The molecule has 0 spiro atoms. The lowest BCUT2D eigenvalue weighted by Crippen LogP contribution is -2.30. The van der Waals surface area contributed by atoms with Gasteiger partial charge in [0.25, 0.3) is 5.91 Å². The summed E-state index contributed by atoms with van der Waals surface area (Å²) in [4.78, 5) is 16.0. The molecule has 1 amide bonds. The van der Waals surface area contributed by atoms with E-state index in [1.165, 1.54) is 0 Å². The average Bonchev–Trinajstić information content (AvgIpc) is 2.36. The molecule has 1 aromatic carbocycles. The smallest absolute Gasteiger partial charge is 0.265 e. The van der Waals surface area contributed by atoms with E-state index in [1.807, 2.05) is 13.0 Å². The second-order valence-electron chi connectivity index (χ2n) is 3.67. The first-order valence-electron chi connectivity index (χ1n) is 5.12. The number of methoxy groups -OCH3 is 1. The van der Waals surface area contributed by atoms with Gasteiger partial charge in [-0.2, -0.15) is 0 Å². The van der Waals surface area contributed by atoms with Crippen molar-refractivity contribution in [1.82, 2.24) is 10.4 Å². The van der Waals surface area contributed by atoms with Crippen molar-refractivity contribution in [2.45, 2.75) is 6.92 Å². The predicted octanol–water partition coefficient (Wildman–Crippen LogP) is 1.16. The second-order valence-corrected chi connectivity index (χ2v) is 3.67. The van der Waals surface area contributed by atoms with Crippen molar-refractivity contribution in [3.63, 3.8) is 0 Å². The third-order valence-corrected chi connectivity index (χ3v) is 2.52. The van der Waals surface area contributed by atoms with Crippen LogP contribution in [0.15, 0.2) is 24.3 Å². The number of hydrogen-bond donors (Lipinski definition) is 2. The number of nitrogen functional groups attached to an aromatic ring is 1. The highest BCUT2D eigenvalue weighted by Crippen LogP contribution is 2.23. The number of carbonyl (C=O) groups is 1. The van der Waals surface area contributed by atoms with Crippen LogP contribution in [-0.4, -0.2) is 18.0 Å². The van der Waals surface area contributed by atoms with Crippen molar-refractivity contribution in [2.24, 2.45) is 5.84 Å². The molecule has 5 heteroatoms. The van der Waals surface area contributed by atoms with E-state index in [-0.39, 0.29) is 5.91 Å². The summed E-state index contributed by atoms with van der Waals surface area (Å²) < 4.78 is 5.13. The summed E-state index contributed by atoms with van der Waals surface area (Å²) in [5.74, 6) is 5.50. The fourth-order valence-corrected chi connectivity index (χ4v) is 1.73. The number of nitrogens with zero attached hydrogens (tertiary/aromatic N) is 1. The lowest BCUT2D eigenvalue weighted by atomic mass is 10.1. The molecule has 0 radical (unpaired) electrons. The molecule has 5 nitrogen and oxygen atoms in total. The molecule has 1 heterocycles. The lowest BCUT2D eigenvalue weighted by molar-refractivity contribution is 0.0955. The molecule has 0 aliphatic rings. The van der Waals surface area contributed by atoms with Gasteiger partial charge < -0.3 is 4.74 Å². The van der Waals surface area contributed by atoms with Gasteiger partial charge in [-0.15, -0.1) is 0 Å². The predicted molar refractivity (Wildman–Crippen MR) is 64.7 cm³/mol. The summed E-state index contributed by atoms with van der Waals surface area (Å²) >= 11 is 0. The van der Waals surface area contributed by atoms with Gasteiger partial charge in [0.1, 0.15) is 5.75 Å². The Bertz CT molecular complexity index is 581. The van der Waals surface area contributed by atoms with Crippen molar-refractivity contribution < 1.29 is 9.53 Å². The summed E-state index contributed by atoms with van der Waals surface area (Å²) in [5, 5.41) is 0.720. The number of nitrogens with one attached hydrogen (secondary N) is 1. The highest BCUT2D eigenvalue weighted by molar-refractivity contribution is 6.06. The molecular formula is C12H13N3O2. The third-order valence-electron chi connectivity index (χ3n) is 2.52. The second kappa shape index (κ2) is 4.39. The normalized spacial score (nSPS) is 10.3. The summed E-state index contributed by atoms with van der Waals surface area (Å²) in [6.45, 7) is 1.83. The summed E-state index contributed by atoms with van der Waals surface area (Å²) in [6, 6.07) is 7.09. The summed E-state index contributed by atoms with van der Waals surface area (Å²) in [5.41, 5.74) is 4.13. The number of ether oxygens (including phenoxy) is 1. The largest absolute Gasteiger partial charge is 0.497 e. The van der Waals surface area contributed by atoms with Gasteiger partial charge >= 0.3 is 0 Å². The maximum absolute atomic E-state index is 11.7. The molecule has 0 aliphatic heterocycles. The van der Waals surface area contributed by atoms with Gasteiger partial charge in [-0.1, -0.05) is 0 Å². The van der Waals surface area contributed by atoms with E-state index in [1.54, 1.807) is 25.3 Å². The van der Waals surface area contributed by atoms with E-state index in [2.05, 4.69) is 10.4 Å². The minimum absolute atomic E-state index is 0.339. The molecule has 2 rings (SSSR count). The van der Waals surface area contributed by atoms with E-state index in [4.69, 9.17) is 10.6 Å². The molecule has 1 aromatic heterocycles. The van der Waals surface area contributed by atoms with E-state index in [0.717, 1.165) is 16.6 Å². The minimum Gasteiger partial charge on any atom is -0.497 e. The van der Waals surface area contributed by atoms with Gasteiger partial charge in [0, 0.05) is 11.1 Å². The van der Waals surface area contributed by atoms with E-state index in [9.17, 15) is 4.79 Å². The van der Waals surface area contributed by atoms with Crippen LogP contribution in [0.2, 0.25) is 0 Å². The number of hydrazine groups is 1. The van der Waals surface area contributed by atoms with Gasteiger partial charge in [0.15, 0.2) is 0 Å². The number of pyridine rings is 1. The monoisotopic (exact) mass is 231 g/mol. The molecule has 17 heavy (non-hydrogen) atoms. The first kappa shape index (κ1) is 11.3. The number of aromatic nitrogens is 1. The highest BCUT2D eigenvalue weighted by Gasteiger charge is 2.11. The van der Waals surface area contributed by atoms with Crippen LogP contribution in [-0.2, 0) is 0 Å². The van der Waals surface area contributed by atoms with E-state index >= 15 is 0 Å². The van der Waals surface area contributed by atoms with Crippen molar-refractivity contribution in [3.8, 4) is 5.75 Å². The minimum atomic E-state index is -0.339. The average molecular weight is 231 g/mol. The number of carbonyl (C=O) groups excluding carboxylic acids is 1. The fourth-order valence-electron chi connectivity index (χ4n) is 1.73. The van der Waals surface area contributed by atoms with Crippen LogP contribution in [0.25, 0.3) is 10.9 Å². The molecule has 0 saturated carbocycles. The molecule has 0 bridgehead atoms. The molecule has 88 valence electrons. The van der Waals surface area contributed by atoms with Crippen LogP contribution in [0.5, 0.6) is 5.75 Å². The first-order valence-corrected chi connectivity index (χ1v) is 5.12. The molecule has 3 N–H and O–H groups in total. The van der Waals surface area contributed by atoms with E-state index in [0.29, 0.717) is 11.3 Å². The number of rotatable bonds is 2. The molecule has 0 unspecified atom stereocenters. The number of aryl methyl sites for hydroxylation is 1. The van der Waals surface area contributed by atoms with Crippen LogP contribution in [0.1, 0.15) is 16.1 Å². The topological polar surface area (TPSA) is 77.2 Å². The fraction of sp³-hybridized carbons (Fsp3) is 0.167. The first-order chi connectivity index (χ1) is 8.15. The molecule has 0 saturated heterocycles. The maximum Gasteiger partial charge on any atom is 0.265 e. The molecular weight excluding hydrogens is 218 g/mol. The quantitative estimate of drug-likeness (QED) is 0.462. The number of benzene rings is 1. The lowest BCUT2D eigenvalue weighted by Gasteiger charge is -2.08. The zero-order valence-corrected chi connectivity index (χ0v) is 9.65. The van der Waals surface area contributed by atoms with Crippen LogP contribution in [0.4, 0.5) is 0 Å². The zero-order valence-electron chi connectivity index (χ0n) is 9.65. The van der Waals surface area contributed by atoms with Crippen LogP contribution >= 0.6 is 0 Å².